The van der Waals surface area contributed by atoms with Gasteiger partial charge >= 0.3 is 5.97 Å². The summed E-state index contributed by atoms with van der Waals surface area (Å²) in [5, 5.41) is 0.655. The Labute approximate surface area is 64.0 Å². The van der Waals surface area contributed by atoms with Crippen LogP contribution in [0.15, 0.2) is 16.5 Å². The van der Waals surface area contributed by atoms with Gasteiger partial charge in [0, 0.05) is 0 Å². The first-order valence-electron chi connectivity index (χ1n) is 3.07. The van der Waals surface area contributed by atoms with Crippen molar-refractivity contribution in [3.63, 3.8) is 0 Å². The average molecular weight is 156 g/mol. The van der Waals surface area contributed by atoms with Crippen LogP contribution in [0.5, 0.6) is 0 Å². The third kappa shape index (κ3) is 3.28. The molecule has 10 heavy (non-hydrogen) atoms. The van der Waals surface area contributed by atoms with Gasteiger partial charge in [-0.25, -0.2) is 4.79 Å². The van der Waals surface area contributed by atoms with Gasteiger partial charge in [0.05, 0.1) is 22.5 Å². The number of carbonyl (C=O) groups excluding carboxylic acids is 1. The minimum atomic E-state index is -0.257. The second-order valence-corrected chi connectivity index (χ2v) is 3.24. The number of hydrogen-bond acceptors (Lipinski definition) is 2. The molecule has 0 unspecified atom stereocenters. The SMILES string of the molecule is COC(=O)C([SiH3])=C=C(C)C. The summed E-state index contributed by atoms with van der Waals surface area (Å²) in [6.45, 7) is 3.81. The third-order valence-electron chi connectivity index (χ3n) is 0.929. The fourth-order valence-electron chi connectivity index (χ4n) is 0.579. The van der Waals surface area contributed by atoms with E-state index in [0.717, 1.165) is 5.57 Å². The van der Waals surface area contributed by atoms with Gasteiger partial charge in [-0.2, -0.15) is 0 Å². The maximum Gasteiger partial charge on any atom is 0.336 e. The van der Waals surface area contributed by atoms with Crippen LogP contribution in [0.2, 0.25) is 0 Å². The van der Waals surface area contributed by atoms with Crippen molar-refractivity contribution in [1.82, 2.24) is 0 Å². The monoisotopic (exact) mass is 156 g/mol. The predicted octanol–water partition coefficient (Wildman–Crippen LogP) is -0.0262. The molecule has 0 aliphatic rings. The molecule has 3 heteroatoms. The highest BCUT2D eigenvalue weighted by Gasteiger charge is 1.99. The van der Waals surface area contributed by atoms with Crippen LogP contribution in [0.3, 0.4) is 0 Å². The lowest BCUT2D eigenvalue weighted by molar-refractivity contribution is -0.135. The first-order chi connectivity index (χ1) is 4.57. The molecule has 2 nitrogen and oxygen atoms in total. The Kier molecular flexibility index (Phi) is 3.77. The van der Waals surface area contributed by atoms with Crippen LogP contribution in [0, 0.1) is 0 Å². The van der Waals surface area contributed by atoms with Crippen molar-refractivity contribution in [2.24, 2.45) is 0 Å². The number of methoxy groups -OCH3 is 1. The van der Waals surface area contributed by atoms with E-state index in [2.05, 4.69) is 10.5 Å². The lowest BCUT2D eigenvalue weighted by atomic mass is 10.4. The second-order valence-electron chi connectivity index (χ2n) is 2.24. The molecule has 0 aliphatic heterocycles. The van der Waals surface area contributed by atoms with Crippen molar-refractivity contribution in [3.05, 3.63) is 16.5 Å². The molecular weight excluding hydrogens is 144 g/mol. The minimum absolute atomic E-state index is 0.257. The van der Waals surface area contributed by atoms with E-state index in [1.54, 1.807) is 0 Å². The van der Waals surface area contributed by atoms with Crippen LogP contribution in [0.1, 0.15) is 13.8 Å². The van der Waals surface area contributed by atoms with Crippen LogP contribution < -0.4 is 0 Å². The molecular formula is C7H12O2Si. The van der Waals surface area contributed by atoms with Gasteiger partial charge in [0.1, 0.15) is 0 Å². The molecule has 0 fully saturated rings. The van der Waals surface area contributed by atoms with Crippen molar-refractivity contribution < 1.29 is 9.53 Å². The lowest BCUT2D eigenvalue weighted by Crippen LogP contribution is -2.03. The van der Waals surface area contributed by atoms with E-state index in [4.69, 9.17) is 0 Å². The molecule has 0 radical (unpaired) electrons. The van der Waals surface area contributed by atoms with Crippen LogP contribution >= 0.6 is 0 Å². The topological polar surface area (TPSA) is 26.3 Å². The molecule has 0 aromatic carbocycles. The zero-order valence-corrected chi connectivity index (χ0v) is 8.82. The summed E-state index contributed by atoms with van der Waals surface area (Å²) in [4.78, 5) is 10.7. The maximum absolute atomic E-state index is 10.7. The molecule has 0 rings (SSSR count). The van der Waals surface area contributed by atoms with Gasteiger partial charge in [0.15, 0.2) is 0 Å². The van der Waals surface area contributed by atoms with E-state index in [0.29, 0.717) is 15.4 Å². The van der Waals surface area contributed by atoms with Crippen LogP contribution in [-0.4, -0.2) is 23.3 Å². The average Bonchev–Trinajstić information content (AvgIpc) is 1.85. The van der Waals surface area contributed by atoms with E-state index in [-0.39, 0.29) is 5.97 Å². The van der Waals surface area contributed by atoms with Gasteiger partial charge in [-0.05, 0) is 19.4 Å². The molecule has 0 saturated carbocycles. The van der Waals surface area contributed by atoms with Crippen molar-refractivity contribution in [1.29, 1.82) is 0 Å². The van der Waals surface area contributed by atoms with Gasteiger partial charge in [-0.3, -0.25) is 0 Å². The number of ether oxygens (including phenoxy) is 1. The highest BCUT2D eigenvalue weighted by Crippen LogP contribution is 1.91. The quantitative estimate of drug-likeness (QED) is 0.231. The maximum atomic E-state index is 10.7. The highest BCUT2D eigenvalue weighted by molar-refractivity contribution is 6.35. The summed E-state index contributed by atoms with van der Waals surface area (Å²) in [7, 11) is 2.07. The Hall–Kier alpha value is -0.793. The molecule has 56 valence electrons. The van der Waals surface area contributed by atoms with Crippen molar-refractivity contribution in [3.8, 4) is 0 Å². The molecule has 0 aromatic rings. The molecule has 0 heterocycles. The first kappa shape index (κ1) is 9.21. The smallest absolute Gasteiger partial charge is 0.336 e. The number of carbonyl (C=O) groups is 1. The van der Waals surface area contributed by atoms with Gasteiger partial charge in [0.2, 0.25) is 0 Å². The second kappa shape index (κ2) is 4.09. The minimum Gasteiger partial charge on any atom is -0.466 e. The van der Waals surface area contributed by atoms with Gasteiger partial charge in [0.25, 0.3) is 0 Å². The Morgan fingerprint density at radius 2 is 2.00 bits per heavy atom. The standard InChI is InChI=1S/C7H12O2Si/c1-5(2)4-6(10)7(8)9-3/h1-3,10H3. The largest absolute Gasteiger partial charge is 0.466 e. The Bertz CT molecular complexity index is 196. The number of rotatable bonds is 1. The van der Waals surface area contributed by atoms with E-state index in [9.17, 15) is 4.79 Å². The van der Waals surface area contributed by atoms with Crippen LogP contribution in [0.25, 0.3) is 0 Å². The highest BCUT2D eigenvalue weighted by atomic mass is 28.1. The van der Waals surface area contributed by atoms with E-state index >= 15 is 0 Å². The lowest BCUT2D eigenvalue weighted by Gasteiger charge is -1.93. The summed E-state index contributed by atoms with van der Waals surface area (Å²) in [6.07, 6.45) is 0. The van der Waals surface area contributed by atoms with Gasteiger partial charge in [-0.1, -0.05) is 0 Å². The van der Waals surface area contributed by atoms with Crippen LogP contribution in [0.4, 0.5) is 0 Å². The first-order valence-corrected chi connectivity index (χ1v) is 4.07. The normalized spacial score (nSPS) is 8.30. The Morgan fingerprint density at radius 1 is 1.50 bits per heavy atom. The van der Waals surface area contributed by atoms with E-state index in [1.807, 2.05) is 13.8 Å². The molecule has 0 aromatic heterocycles. The van der Waals surface area contributed by atoms with E-state index in [1.165, 1.54) is 7.11 Å². The zero-order valence-electron chi connectivity index (χ0n) is 6.82. The third-order valence-corrected chi connectivity index (χ3v) is 1.59. The molecule has 0 aliphatic carbocycles. The molecule has 0 saturated heterocycles. The predicted molar refractivity (Wildman–Crippen MR) is 43.8 cm³/mol. The number of esters is 1. The van der Waals surface area contributed by atoms with Crippen molar-refractivity contribution >= 4 is 16.2 Å². The summed E-state index contributed by atoms with van der Waals surface area (Å²) >= 11 is 0. The fraction of sp³-hybridized carbons (Fsp3) is 0.429. The molecule has 0 N–H and O–H groups in total. The van der Waals surface area contributed by atoms with Crippen LogP contribution in [-0.2, 0) is 9.53 Å². The Balaban J connectivity index is 4.51. The zero-order chi connectivity index (χ0) is 8.15. The summed E-state index contributed by atoms with van der Waals surface area (Å²) < 4.78 is 4.50. The number of hydrogen-bond donors (Lipinski definition) is 0. The molecule has 0 atom stereocenters. The van der Waals surface area contributed by atoms with Gasteiger partial charge < -0.3 is 4.74 Å². The summed E-state index contributed by atoms with van der Waals surface area (Å²) in [5.74, 6) is -0.257. The summed E-state index contributed by atoms with van der Waals surface area (Å²) in [6, 6.07) is 0. The van der Waals surface area contributed by atoms with E-state index < -0.39 is 0 Å². The van der Waals surface area contributed by atoms with Crippen molar-refractivity contribution in [2.45, 2.75) is 13.8 Å². The fourth-order valence-corrected chi connectivity index (χ4v) is 1.28. The summed E-state index contributed by atoms with van der Waals surface area (Å²) in [5.41, 5.74) is 3.92. The molecule has 0 amide bonds. The van der Waals surface area contributed by atoms with Crippen molar-refractivity contribution in [2.75, 3.05) is 7.11 Å². The Morgan fingerprint density at radius 3 is 2.30 bits per heavy atom. The molecule has 0 spiro atoms. The van der Waals surface area contributed by atoms with Gasteiger partial charge in [-0.15, -0.1) is 5.73 Å². The molecule has 0 bridgehead atoms.